The van der Waals surface area contributed by atoms with Gasteiger partial charge in [0.15, 0.2) is 0 Å². The summed E-state index contributed by atoms with van der Waals surface area (Å²) in [6.07, 6.45) is 14.4. The summed E-state index contributed by atoms with van der Waals surface area (Å²) < 4.78 is 0. The molecule has 2 N–H and O–H groups in total. The van der Waals surface area contributed by atoms with Crippen LogP contribution in [0.1, 0.15) is 98.3 Å². The zero-order valence-corrected chi connectivity index (χ0v) is 19.7. The third kappa shape index (κ3) is 3.67. The van der Waals surface area contributed by atoms with Crippen LogP contribution in [0.15, 0.2) is 11.6 Å². The van der Waals surface area contributed by atoms with E-state index in [1.54, 1.807) is 0 Å². The summed E-state index contributed by atoms with van der Waals surface area (Å²) in [6.45, 7) is 9.31. The van der Waals surface area contributed by atoms with Gasteiger partial charge in [-0.25, -0.2) is 0 Å². The normalized spacial score (nSPS) is 44.1. The Hall–Kier alpha value is -0.830. The van der Waals surface area contributed by atoms with Crippen LogP contribution in [-0.4, -0.2) is 22.3 Å². The Balaban J connectivity index is 1.50. The van der Waals surface area contributed by atoms with Gasteiger partial charge in [0, 0.05) is 0 Å². The minimum Gasteiger partial charge on any atom is -0.481 e. The van der Waals surface area contributed by atoms with E-state index in [0.29, 0.717) is 23.2 Å². The Bertz CT molecular complexity index is 682. The van der Waals surface area contributed by atoms with Gasteiger partial charge in [-0.3, -0.25) is 4.79 Å². The van der Waals surface area contributed by atoms with E-state index >= 15 is 0 Å². The van der Waals surface area contributed by atoms with Gasteiger partial charge in [-0.1, -0.05) is 52.2 Å². The van der Waals surface area contributed by atoms with Gasteiger partial charge in [-0.2, -0.15) is 0 Å². The third-order valence-corrected chi connectivity index (χ3v) is 10.3. The van der Waals surface area contributed by atoms with Crippen molar-refractivity contribution < 1.29 is 15.0 Å². The lowest BCUT2D eigenvalue weighted by Crippen LogP contribution is -2.53. The van der Waals surface area contributed by atoms with E-state index in [9.17, 15) is 15.0 Å². The molecule has 3 saturated carbocycles. The molecule has 3 heteroatoms. The molecular formula is C27H44O3. The van der Waals surface area contributed by atoms with Crippen LogP contribution in [0.3, 0.4) is 0 Å². The molecule has 0 aromatic carbocycles. The maximum Gasteiger partial charge on any atom is 0.310 e. The lowest BCUT2D eigenvalue weighted by atomic mass is 9.45. The Morgan fingerprint density at radius 2 is 1.80 bits per heavy atom. The highest BCUT2D eigenvalue weighted by Gasteiger charge is 2.59. The lowest BCUT2D eigenvalue weighted by Gasteiger charge is -2.60. The van der Waals surface area contributed by atoms with E-state index in [-0.39, 0.29) is 17.4 Å². The quantitative estimate of drug-likeness (QED) is 0.489. The summed E-state index contributed by atoms with van der Waals surface area (Å²) in [5.74, 6) is 2.60. The van der Waals surface area contributed by atoms with Crippen molar-refractivity contribution >= 4 is 5.97 Å². The lowest BCUT2D eigenvalue weighted by molar-refractivity contribution is -0.141. The van der Waals surface area contributed by atoms with Crippen molar-refractivity contribution in [2.24, 2.45) is 46.3 Å². The first kappa shape index (κ1) is 22.4. The van der Waals surface area contributed by atoms with Gasteiger partial charge in [-0.05, 0) is 98.2 Å². The molecule has 0 unspecified atom stereocenters. The molecule has 8 atom stereocenters. The minimum absolute atomic E-state index is 0.103. The van der Waals surface area contributed by atoms with Gasteiger partial charge in [0.05, 0.1) is 12.0 Å². The second-order valence-electron chi connectivity index (χ2n) is 12.2. The highest BCUT2D eigenvalue weighted by molar-refractivity contribution is 5.73. The van der Waals surface area contributed by atoms with Gasteiger partial charge in [-0.15, -0.1) is 0 Å². The fourth-order valence-corrected chi connectivity index (χ4v) is 8.36. The molecule has 0 radical (unpaired) electrons. The number of carboxylic acid groups (broad SMARTS) is 1. The van der Waals surface area contributed by atoms with Gasteiger partial charge in [0.2, 0.25) is 0 Å². The first-order valence-electron chi connectivity index (χ1n) is 12.8. The van der Waals surface area contributed by atoms with Crippen molar-refractivity contribution in [3.63, 3.8) is 0 Å². The molecule has 30 heavy (non-hydrogen) atoms. The van der Waals surface area contributed by atoms with Crippen molar-refractivity contribution in [2.45, 2.75) is 104 Å². The van der Waals surface area contributed by atoms with Gasteiger partial charge in [0.1, 0.15) is 0 Å². The second kappa shape index (κ2) is 8.26. The van der Waals surface area contributed by atoms with Crippen LogP contribution in [-0.2, 0) is 4.79 Å². The summed E-state index contributed by atoms with van der Waals surface area (Å²) >= 11 is 0. The molecule has 4 aliphatic carbocycles. The van der Waals surface area contributed by atoms with Crippen molar-refractivity contribution in [2.75, 3.05) is 0 Å². The summed E-state index contributed by atoms with van der Waals surface area (Å²) in [7, 11) is 0. The average molecular weight is 417 g/mol. The van der Waals surface area contributed by atoms with E-state index in [0.717, 1.165) is 50.4 Å². The molecule has 0 amide bonds. The van der Waals surface area contributed by atoms with E-state index in [1.807, 2.05) is 0 Å². The number of carbonyl (C=O) groups is 1. The molecule has 0 aromatic heterocycles. The highest BCUT2D eigenvalue weighted by atomic mass is 16.4. The summed E-state index contributed by atoms with van der Waals surface area (Å²) in [5.41, 5.74) is 1.69. The van der Waals surface area contributed by atoms with Crippen molar-refractivity contribution in [1.29, 1.82) is 0 Å². The highest BCUT2D eigenvalue weighted by Crippen LogP contribution is 2.66. The molecule has 0 spiro atoms. The zero-order chi connectivity index (χ0) is 21.7. The molecule has 0 saturated heterocycles. The smallest absolute Gasteiger partial charge is 0.310 e. The summed E-state index contributed by atoms with van der Waals surface area (Å²) in [5, 5.41) is 20.6. The Morgan fingerprint density at radius 3 is 2.50 bits per heavy atom. The molecular weight excluding hydrogens is 372 g/mol. The molecule has 4 aliphatic rings. The number of rotatable bonds is 6. The van der Waals surface area contributed by atoms with Crippen LogP contribution >= 0.6 is 0 Å². The van der Waals surface area contributed by atoms with E-state index in [4.69, 9.17) is 0 Å². The fourth-order valence-electron chi connectivity index (χ4n) is 8.36. The van der Waals surface area contributed by atoms with Crippen molar-refractivity contribution in [1.82, 2.24) is 0 Å². The third-order valence-electron chi connectivity index (χ3n) is 10.3. The molecule has 0 bridgehead atoms. The van der Waals surface area contributed by atoms with Crippen molar-refractivity contribution in [3.8, 4) is 0 Å². The number of aliphatic carboxylic acids is 1. The minimum atomic E-state index is -0.615. The van der Waals surface area contributed by atoms with Crippen LogP contribution in [0.2, 0.25) is 0 Å². The Labute approximate surface area is 183 Å². The number of carboxylic acids is 1. The number of fused-ring (bicyclic) bond motifs is 5. The van der Waals surface area contributed by atoms with Gasteiger partial charge in [0.25, 0.3) is 0 Å². The number of hydrogen-bond donors (Lipinski definition) is 2. The van der Waals surface area contributed by atoms with E-state index < -0.39 is 5.97 Å². The number of hydrogen-bond acceptors (Lipinski definition) is 2. The monoisotopic (exact) mass is 416 g/mol. The molecule has 0 heterocycles. The first-order chi connectivity index (χ1) is 14.2. The second-order valence-corrected chi connectivity index (χ2v) is 12.2. The average Bonchev–Trinajstić information content (AvgIpc) is 2.99. The maximum atomic E-state index is 12.1. The number of aliphatic hydroxyl groups excluding tert-OH is 1. The predicted molar refractivity (Wildman–Crippen MR) is 121 cm³/mol. The Morgan fingerprint density at radius 1 is 1.07 bits per heavy atom. The number of allylic oxidation sites excluding steroid dienone is 1. The largest absolute Gasteiger partial charge is 0.481 e. The van der Waals surface area contributed by atoms with Gasteiger partial charge >= 0.3 is 5.97 Å². The Kier molecular flexibility index (Phi) is 6.16. The number of aliphatic hydroxyl groups is 1. The first-order valence-corrected chi connectivity index (χ1v) is 12.8. The van der Waals surface area contributed by atoms with Crippen LogP contribution < -0.4 is 0 Å². The predicted octanol–water partition coefficient (Wildman–Crippen LogP) is 6.45. The van der Waals surface area contributed by atoms with Crippen LogP contribution in [0.25, 0.3) is 0 Å². The maximum absolute atomic E-state index is 12.1. The summed E-state index contributed by atoms with van der Waals surface area (Å²) in [6, 6.07) is 0. The summed E-state index contributed by atoms with van der Waals surface area (Å²) in [4.78, 5) is 12.1. The van der Waals surface area contributed by atoms with Crippen LogP contribution in [0.4, 0.5) is 0 Å². The van der Waals surface area contributed by atoms with Gasteiger partial charge < -0.3 is 10.2 Å². The zero-order valence-electron chi connectivity index (χ0n) is 19.7. The van der Waals surface area contributed by atoms with Crippen LogP contribution in [0, 0.1) is 46.3 Å². The molecule has 4 rings (SSSR count). The molecule has 0 aliphatic heterocycles. The van der Waals surface area contributed by atoms with E-state index in [1.165, 1.54) is 37.7 Å². The SMILES string of the molecule is CC(C)CCC[C@H](C(=O)O)C1=CC[C@@]2(C)[C@@H](CC[C@H]3[C@H]2CC[C@@]2(C)[C@@H]3CC[C@@H]2O)C1. The molecule has 170 valence electrons. The molecule has 0 aromatic rings. The van der Waals surface area contributed by atoms with E-state index in [2.05, 4.69) is 33.8 Å². The molecule has 3 nitrogen and oxygen atoms in total. The van der Waals surface area contributed by atoms with Crippen molar-refractivity contribution in [3.05, 3.63) is 11.6 Å². The standard InChI is InChI=1S/C27H44O3/c1-17(2)6-5-7-20(25(29)30)18-12-14-26(3)19(16-18)8-9-21-22-10-11-24(28)27(22,4)15-13-23(21)26/h12,17,19-24,28H,5-11,13-16H2,1-4H3,(H,29,30)/t19-,20-,21+,22+,23+,24-,26-,27-/m0/s1. The topological polar surface area (TPSA) is 57.5 Å². The molecule has 3 fully saturated rings. The van der Waals surface area contributed by atoms with Crippen LogP contribution in [0.5, 0.6) is 0 Å². The fraction of sp³-hybridized carbons (Fsp3) is 0.889.